The van der Waals surface area contributed by atoms with Gasteiger partial charge in [-0.25, -0.2) is 0 Å². The Morgan fingerprint density at radius 1 is 0.358 bits per heavy atom. The Bertz CT molecular complexity index is 2430. The first kappa shape index (κ1) is 32.0. The van der Waals surface area contributed by atoms with E-state index in [1.54, 1.807) is 12.1 Å². The summed E-state index contributed by atoms with van der Waals surface area (Å²) >= 11 is 0. The summed E-state index contributed by atoms with van der Waals surface area (Å²) in [5.74, 6) is 1.17. The number of aromatic nitrogens is 5. The van der Waals surface area contributed by atoms with Crippen molar-refractivity contribution in [2.75, 3.05) is 9.80 Å². The predicted octanol–water partition coefficient (Wildman–Crippen LogP) is 10.1. The molecule has 254 valence electrons. The van der Waals surface area contributed by atoms with Crippen molar-refractivity contribution >= 4 is 74.4 Å². The van der Waals surface area contributed by atoms with E-state index in [2.05, 4.69) is 12.1 Å². The lowest BCUT2D eigenvalue weighted by molar-refractivity contribution is 0.581. The topological polar surface area (TPSA) is 80.0 Å². The van der Waals surface area contributed by atoms with Crippen molar-refractivity contribution in [2.24, 2.45) is 0 Å². The highest BCUT2D eigenvalue weighted by atomic mass is 31.2. The van der Waals surface area contributed by atoms with E-state index in [0.717, 1.165) is 44.6 Å². The van der Waals surface area contributed by atoms with Gasteiger partial charge in [0.1, 0.15) is 10.9 Å². The Morgan fingerprint density at radius 3 is 1.00 bits per heavy atom. The third-order valence-corrected chi connectivity index (χ3v) is 12.0. The highest BCUT2D eigenvalue weighted by Gasteiger charge is 2.37. The molecule has 0 aliphatic rings. The largest absolute Gasteiger partial charge is 0.294 e. The molecule has 3 heterocycles. The van der Waals surface area contributed by atoms with Gasteiger partial charge >= 0.3 is 0 Å². The minimum atomic E-state index is -3.88. The average molecular weight is 706 g/mol. The van der Waals surface area contributed by atoms with Gasteiger partial charge in [-0.05, 0) is 84.9 Å². The van der Waals surface area contributed by atoms with Crippen LogP contribution in [0, 0.1) is 0 Å². The van der Waals surface area contributed by atoms with Crippen LogP contribution < -0.4 is 20.7 Å². The quantitative estimate of drug-likeness (QED) is 0.138. The molecule has 0 aliphatic heterocycles. The third kappa shape index (κ3) is 5.72. The average Bonchev–Trinajstić information content (AvgIpc) is 3.58. The fraction of sp³-hybridized carbons (Fsp3) is 0. The second kappa shape index (κ2) is 13.7. The summed E-state index contributed by atoms with van der Waals surface area (Å²) < 4.78 is 18.2. The van der Waals surface area contributed by atoms with Gasteiger partial charge in [0.15, 0.2) is 11.6 Å². The molecule has 0 N–H and O–H groups in total. The van der Waals surface area contributed by atoms with Gasteiger partial charge in [0.05, 0.1) is 11.0 Å². The lowest BCUT2D eigenvalue weighted by Gasteiger charge is -2.26. The molecule has 0 atom stereocenters. The molecule has 0 unspecified atom stereocenters. The number of hydrogen-bond donors (Lipinski definition) is 0. The zero-order valence-electron chi connectivity index (χ0n) is 28.5. The van der Waals surface area contributed by atoms with Crippen molar-refractivity contribution in [1.82, 2.24) is 24.7 Å². The van der Waals surface area contributed by atoms with Crippen molar-refractivity contribution in [1.29, 1.82) is 0 Å². The van der Waals surface area contributed by atoms with Crippen LogP contribution in [0.5, 0.6) is 0 Å². The Kier molecular flexibility index (Phi) is 8.27. The van der Waals surface area contributed by atoms with Gasteiger partial charge in [-0.2, -0.15) is 0 Å². The number of nitrogens with zero attached hydrogens (tertiary/aromatic N) is 7. The summed E-state index contributed by atoms with van der Waals surface area (Å²) in [5.41, 5.74) is 5.89. The summed E-state index contributed by atoms with van der Waals surface area (Å²) in [4.78, 5) is 4.05. The molecule has 6 aromatic carbocycles. The van der Waals surface area contributed by atoms with Gasteiger partial charge in [0, 0.05) is 33.5 Å². The maximum atomic E-state index is 16.3. The first-order chi connectivity index (χ1) is 26.2. The van der Waals surface area contributed by atoms with E-state index >= 15 is 4.57 Å². The molecule has 9 aromatic rings. The number of para-hydroxylation sites is 6. The lowest BCUT2D eigenvalue weighted by Crippen LogP contribution is -2.28. The monoisotopic (exact) mass is 705 g/mol. The maximum absolute atomic E-state index is 16.3. The highest BCUT2D eigenvalue weighted by Crippen LogP contribution is 2.50. The SMILES string of the molecule is O=P(c1ccc(N(c2ccccc2)c2ccccc2)nn1)(c1ccc(N(c2ccccc2)c2ccccc2)nn1)n1c2ccccc2c2ccccc21. The molecule has 0 bridgehead atoms. The minimum Gasteiger partial charge on any atom is -0.294 e. The van der Waals surface area contributed by atoms with Crippen LogP contribution in [0.3, 0.4) is 0 Å². The standard InChI is InChI=1S/C44H32N7OP/c52-53(51-39-27-15-13-25-37(39)38-26-14-16-28-40(38)51,43-31-29-41(45-47-43)49(33-17-5-1-6-18-33)34-19-7-2-8-20-34)44-32-30-42(46-48-44)50(35-21-9-3-10-22-35)36-23-11-4-12-24-36/h1-32H. The van der Waals surface area contributed by atoms with E-state index in [9.17, 15) is 0 Å². The summed E-state index contributed by atoms with van der Waals surface area (Å²) in [7, 11) is -3.88. The van der Waals surface area contributed by atoms with E-state index in [4.69, 9.17) is 20.4 Å². The van der Waals surface area contributed by atoms with Crippen molar-refractivity contribution in [2.45, 2.75) is 0 Å². The van der Waals surface area contributed by atoms with E-state index in [1.807, 2.05) is 184 Å². The molecule has 0 radical (unpaired) electrons. The van der Waals surface area contributed by atoms with Gasteiger partial charge < -0.3 is 0 Å². The number of fused-ring (bicyclic) bond motifs is 3. The minimum absolute atomic E-state index is 0.291. The summed E-state index contributed by atoms with van der Waals surface area (Å²) in [6.07, 6.45) is 0. The smallest absolute Gasteiger partial charge is 0.273 e. The molecule has 9 rings (SSSR count). The van der Waals surface area contributed by atoms with Crippen LogP contribution >= 0.6 is 7.29 Å². The van der Waals surface area contributed by atoms with E-state index in [1.165, 1.54) is 0 Å². The maximum Gasteiger partial charge on any atom is 0.273 e. The Hall–Kier alpha value is -6.89. The molecule has 53 heavy (non-hydrogen) atoms. The van der Waals surface area contributed by atoms with Crippen molar-refractivity contribution in [3.63, 3.8) is 0 Å². The van der Waals surface area contributed by atoms with Gasteiger partial charge in [-0.3, -0.25) is 18.7 Å². The van der Waals surface area contributed by atoms with Gasteiger partial charge in [-0.1, -0.05) is 109 Å². The zero-order chi connectivity index (χ0) is 35.6. The zero-order valence-corrected chi connectivity index (χ0v) is 29.4. The van der Waals surface area contributed by atoms with Gasteiger partial charge in [0.2, 0.25) is 0 Å². The second-order valence-electron chi connectivity index (χ2n) is 12.4. The first-order valence-electron chi connectivity index (χ1n) is 17.3. The second-order valence-corrected chi connectivity index (χ2v) is 14.9. The van der Waals surface area contributed by atoms with Crippen molar-refractivity contribution in [3.05, 3.63) is 194 Å². The van der Waals surface area contributed by atoms with Crippen LogP contribution in [0.4, 0.5) is 34.4 Å². The molecular weight excluding hydrogens is 674 g/mol. The van der Waals surface area contributed by atoms with E-state index in [0.29, 0.717) is 22.5 Å². The van der Waals surface area contributed by atoms with Gasteiger partial charge in [-0.15, -0.1) is 20.4 Å². The molecular formula is C44H32N7OP. The summed E-state index contributed by atoms with van der Waals surface area (Å²) in [6, 6.07) is 63.4. The highest BCUT2D eigenvalue weighted by molar-refractivity contribution is 7.77. The van der Waals surface area contributed by atoms with Crippen LogP contribution in [-0.4, -0.2) is 24.7 Å². The van der Waals surface area contributed by atoms with Crippen LogP contribution in [0.15, 0.2) is 194 Å². The summed E-state index contributed by atoms with van der Waals surface area (Å²) in [5, 5.41) is 21.0. The fourth-order valence-corrected chi connectivity index (χ4v) is 9.35. The van der Waals surface area contributed by atoms with Crippen LogP contribution in [0.2, 0.25) is 0 Å². The van der Waals surface area contributed by atoms with Gasteiger partial charge in [0.25, 0.3) is 7.29 Å². The molecule has 0 fully saturated rings. The molecule has 8 nitrogen and oxygen atoms in total. The number of hydrogen-bond acceptors (Lipinski definition) is 7. The van der Waals surface area contributed by atoms with Crippen LogP contribution in [-0.2, 0) is 4.57 Å². The van der Waals surface area contributed by atoms with E-state index < -0.39 is 7.29 Å². The Balaban J connectivity index is 1.23. The first-order valence-corrected chi connectivity index (χ1v) is 18.9. The fourth-order valence-electron chi connectivity index (χ4n) is 6.86. The Labute approximate surface area is 306 Å². The molecule has 0 amide bonds. The Morgan fingerprint density at radius 2 is 0.679 bits per heavy atom. The molecule has 0 spiro atoms. The lowest BCUT2D eigenvalue weighted by atomic mass is 10.2. The molecule has 0 saturated heterocycles. The van der Waals surface area contributed by atoms with Crippen molar-refractivity contribution in [3.8, 4) is 0 Å². The number of rotatable bonds is 9. The number of anilines is 6. The summed E-state index contributed by atoms with van der Waals surface area (Å²) in [6.45, 7) is 0. The van der Waals surface area contributed by atoms with E-state index in [-0.39, 0.29) is 0 Å². The normalized spacial score (nSPS) is 11.5. The third-order valence-electron chi connectivity index (χ3n) is 9.25. The predicted molar refractivity (Wildman–Crippen MR) is 215 cm³/mol. The molecule has 3 aromatic heterocycles. The van der Waals surface area contributed by atoms with Crippen molar-refractivity contribution < 1.29 is 4.57 Å². The van der Waals surface area contributed by atoms with Crippen LogP contribution in [0.25, 0.3) is 21.8 Å². The molecule has 9 heteroatoms. The van der Waals surface area contributed by atoms with Crippen LogP contribution in [0.1, 0.15) is 0 Å². The number of benzene rings is 6. The molecule has 0 saturated carbocycles. The molecule has 0 aliphatic carbocycles.